The SMILES string of the molecule is CC(C)(Cc1ccc2sc(C(C)(C)C)nc2c1)C(=O)O. The number of fused-ring (bicyclic) bond motifs is 1. The van der Waals surface area contributed by atoms with Crippen molar-refractivity contribution in [2.45, 2.75) is 46.5 Å². The molecule has 0 unspecified atom stereocenters. The van der Waals surface area contributed by atoms with Crippen LogP contribution < -0.4 is 0 Å². The van der Waals surface area contributed by atoms with Crippen molar-refractivity contribution < 1.29 is 9.90 Å². The lowest BCUT2D eigenvalue weighted by Gasteiger charge is -2.18. The summed E-state index contributed by atoms with van der Waals surface area (Å²) in [5.74, 6) is -0.772. The highest BCUT2D eigenvalue weighted by Crippen LogP contribution is 2.32. The van der Waals surface area contributed by atoms with E-state index in [1.165, 1.54) is 0 Å². The van der Waals surface area contributed by atoms with Crippen molar-refractivity contribution >= 4 is 27.5 Å². The highest BCUT2D eigenvalue weighted by molar-refractivity contribution is 7.18. The fourth-order valence-electron chi connectivity index (χ4n) is 1.99. The zero-order chi connectivity index (χ0) is 15.1. The van der Waals surface area contributed by atoms with Gasteiger partial charge in [-0.1, -0.05) is 26.8 Å². The molecule has 1 aromatic carbocycles. The molecule has 0 saturated carbocycles. The Hall–Kier alpha value is -1.42. The van der Waals surface area contributed by atoms with E-state index in [1.807, 2.05) is 12.1 Å². The van der Waals surface area contributed by atoms with Gasteiger partial charge in [-0.15, -0.1) is 11.3 Å². The molecule has 0 bridgehead atoms. The van der Waals surface area contributed by atoms with Crippen molar-refractivity contribution in [2.75, 3.05) is 0 Å². The maximum absolute atomic E-state index is 11.2. The Kier molecular flexibility index (Phi) is 3.63. The van der Waals surface area contributed by atoms with Gasteiger partial charge in [0.25, 0.3) is 0 Å². The first kappa shape index (κ1) is 15.0. The predicted molar refractivity (Wildman–Crippen MR) is 83.4 cm³/mol. The van der Waals surface area contributed by atoms with Gasteiger partial charge < -0.3 is 5.11 Å². The average Bonchev–Trinajstić information content (AvgIpc) is 2.70. The molecular formula is C16H21NO2S. The topological polar surface area (TPSA) is 50.2 Å². The predicted octanol–water partition coefficient (Wildman–Crippen LogP) is 4.25. The normalized spacial score (nSPS) is 12.8. The number of thiazole rings is 1. The van der Waals surface area contributed by atoms with E-state index in [9.17, 15) is 9.90 Å². The number of carboxylic acids is 1. The molecule has 3 nitrogen and oxygen atoms in total. The third-order valence-corrected chi connectivity index (χ3v) is 4.78. The summed E-state index contributed by atoms with van der Waals surface area (Å²) in [4.78, 5) is 15.9. The lowest BCUT2D eigenvalue weighted by molar-refractivity contribution is -0.146. The van der Waals surface area contributed by atoms with Crippen LogP contribution in [0.4, 0.5) is 0 Å². The van der Waals surface area contributed by atoms with Gasteiger partial charge in [0, 0.05) is 5.41 Å². The molecule has 4 heteroatoms. The van der Waals surface area contributed by atoms with Gasteiger partial charge >= 0.3 is 5.97 Å². The van der Waals surface area contributed by atoms with Crippen molar-refractivity contribution in [3.8, 4) is 0 Å². The number of rotatable bonds is 3. The molecule has 2 aromatic rings. The number of benzene rings is 1. The van der Waals surface area contributed by atoms with Gasteiger partial charge in [0.2, 0.25) is 0 Å². The van der Waals surface area contributed by atoms with Crippen LogP contribution in [-0.2, 0) is 16.6 Å². The number of hydrogen-bond donors (Lipinski definition) is 1. The summed E-state index contributed by atoms with van der Waals surface area (Å²) < 4.78 is 1.16. The molecule has 0 aliphatic carbocycles. The van der Waals surface area contributed by atoms with Crippen LogP contribution in [0.1, 0.15) is 45.2 Å². The van der Waals surface area contributed by atoms with Crippen LogP contribution in [0.25, 0.3) is 10.2 Å². The van der Waals surface area contributed by atoms with Gasteiger partial charge in [0.15, 0.2) is 0 Å². The van der Waals surface area contributed by atoms with Crippen molar-refractivity contribution in [3.63, 3.8) is 0 Å². The van der Waals surface area contributed by atoms with Gasteiger partial charge in [-0.25, -0.2) is 4.98 Å². The number of carbonyl (C=O) groups is 1. The standard InChI is InChI=1S/C16H21NO2S/c1-15(2,3)13-17-11-8-10(6-7-12(11)20-13)9-16(4,5)14(18)19/h6-8H,9H2,1-5H3,(H,18,19). The maximum Gasteiger partial charge on any atom is 0.309 e. The van der Waals surface area contributed by atoms with E-state index in [2.05, 4.69) is 26.8 Å². The monoisotopic (exact) mass is 291 g/mol. The van der Waals surface area contributed by atoms with E-state index in [1.54, 1.807) is 25.2 Å². The lowest BCUT2D eigenvalue weighted by atomic mass is 9.86. The first-order valence-corrected chi connectivity index (χ1v) is 7.54. The number of carboxylic acid groups (broad SMARTS) is 1. The summed E-state index contributed by atoms with van der Waals surface area (Å²) >= 11 is 1.71. The second kappa shape index (κ2) is 4.85. The van der Waals surface area contributed by atoms with Gasteiger partial charge in [0.05, 0.1) is 20.6 Å². The zero-order valence-corrected chi connectivity index (χ0v) is 13.5. The van der Waals surface area contributed by atoms with Crippen molar-refractivity contribution in [1.82, 2.24) is 4.98 Å². The number of aromatic nitrogens is 1. The molecule has 0 saturated heterocycles. The second-order valence-corrected chi connectivity index (χ2v) is 7.97. The van der Waals surface area contributed by atoms with Crippen molar-refractivity contribution in [1.29, 1.82) is 0 Å². The van der Waals surface area contributed by atoms with Crippen LogP contribution in [0.3, 0.4) is 0 Å². The summed E-state index contributed by atoms with van der Waals surface area (Å²) in [5.41, 5.74) is 1.29. The highest BCUT2D eigenvalue weighted by Gasteiger charge is 2.27. The van der Waals surface area contributed by atoms with Gasteiger partial charge in [-0.05, 0) is 38.0 Å². The smallest absolute Gasteiger partial charge is 0.309 e. The minimum atomic E-state index is -0.772. The molecule has 0 radical (unpaired) electrons. The third kappa shape index (κ3) is 3.01. The molecule has 0 atom stereocenters. The van der Waals surface area contributed by atoms with E-state index < -0.39 is 11.4 Å². The average molecular weight is 291 g/mol. The maximum atomic E-state index is 11.2. The first-order chi connectivity index (χ1) is 9.09. The molecule has 0 aliphatic rings. The first-order valence-electron chi connectivity index (χ1n) is 6.73. The summed E-state index contributed by atoms with van der Waals surface area (Å²) in [6.07, 6.45) is 0.515. The molecule has 1 N–H and O–H groups in total. The van der Waals surface area contributed by atoms with Crippen LogP contribution in [-0.4, -0.2) is 16.1 Å². The van der Waals surface area contributed by atoms with E-state index >= 15 is 0 Å². The molecular weight excluding hydrogens is 270 g/mol. The minimum Gasteiger partial charge on any atom is -0.481 e. The Balaban J connectivity index is 2.37. The van der Waals surface area contributed by atoms with Crippen LogP contribution in [0.5, 0.6) is 0 Å². The Bertz CT molecular complexity index is 650. The highest BCUT2D eigenvalue weighted by atomic mass is 32.1. The fourth-order valence-corrected chi connectivity index (χ4v) is 2.99. The number of aliphatic carboxylic acids is 1. The van der Waals surface area contributed by atoms with Crippen LogP contribution in [0.2, 0.25) is 0 Å². The quantitative estimate of drug-likeness (QED) is 0.919. The van der Waals surface area contributed by atoms with E-state index in [0.717, 1.165) is 20.8 Å². The summed E-state index contributed by atoms with van der Waals surface area (Å²) in [6.45, 7) is 9.96. The Morgan fingerprint density at radius 1 is 1.25 bits per heavy atom. The van der Waals surface area contributed by atoms with Gasteiger partial charge in [0.1, 0.15) is 0 Å². The molecule has 0 fully saturated rings. The Labute approximate surface area is 123 Å². The zero-order valence-electron chi connectivity index (χ0n) is 12.7. The Morgan fingerprint density at radius 2 is 1.90 bits per heavy atom. The molecule has 2 rings (SSSR count). The van der Waals surface area contributed by atoms with E-state index in [0.29, 0.717) is 6.42 Å². The Morgan fingerprint density at radius 3 is 2.45 bits per heavy atom. The molecule has 0 aliphatic heterocycles. The summed E-state index contributed by atoms with van der Waals surface area (Å²) in [5, 5.41) is 10.3. The van der Waals surface area contributed by atoms with E-state index in [-0.39, 0.29) is 5.41 Å². The molecule has 0 amide bonds. The largest absolute Gasteiger partial charge is 0.481 e. The molecule has 20 heavy (non-hydrogen) atoms. The minimum absolute atomic E-state index is 0.0458. The summed E-state index contributed by atoms with van der Waals surface area (Å²) in [6, 6.07) is 6.08. The van der Waals surface area contributed by atoms with Gasteiger partial charge in [-0.3, -0.25) is 4.79 Å². The van der Waals surface area contributed by atoms with E-state index in [4.69, 9.17) is 4.98 Å². The number of hydrogen-bond acceptors (Lipinski definition) is 3. The number of nitrogens with zero attached hydrogens (tertiary/aromatic N) is 1. The summed E-state index contributed by atoms with van der Waals surface area (Å²) in [7, 11) is 0. The fraction of sp³-hybridized carbons (Fsp3) is 0.500. The van der Waals surface area contributed by atoms with Crippen LogP contribution >= 0.6 is 11.3 Å². The van der Waals surface area contributed by atoms with Gasteiger partial charge in [-0.2, -0.15) is 0 Å². The van der Waals surface area contributed by atoms with Crippen LogP contribution in [0.15, 0.2) is 18.2 Å². The molecule has 0 spiro atoms. The lowest BCUT2D eigenvalue weighted by Crippen LogP contribution is -2.26. The molecule has 108 valence electrons. The third-order valence-electron chi connectivity index (χ3n) is 3.32. The second-order valence-electron chi connectivity index (χ2n) is 6.94. The van der Waals surface area contributed by atoms with Crippen molar-refractivity contribution in [3.05, 3.63) is 28.8 Å². The molecule has 1 heterocycles. The van der Waals surface area contributed by atoms with Crippen molar-refractivity contribution in [2.24, 2.45) is 5.41 Å². The molecule has 1 aromatic heterocycles. The van der Waals surface area contributed by atoms with Crippen LogP contribution in [0, 0.1) is 5.41 Å².